The number of ether oxygens (including phenoxy) is 2. The lowest BCUT2D eigenvalue weighted by Crippen LogP contribution is -2.56. The maximum Gasteiger partial charge on any atom is 0.410 e. The molecule has 1 aromatic rings. The van der Waals surface area contributed by atoms with Gasteiger partial charge in [0.05, 0.1) is 18.5 Å². The van der Waals surface area contributed by atoms with E-state index >= 15 is 0 Å². The number of carbonyl (C=O) groups is 2. The second-order valence-electron chi connectivity index (χ2n) is 7.89. The fraction of sp³-hybridized carbons (Fsp3) is 0.579. The van der Waals surface area contributed by atoms with Gasteiger partial charge >= 0.3 is 6.09 Å². The molecule has 0 bridgehead atoms. The highest BCUT2D eigenvalue weighted by molar-refractivity contribution is 6.00. The molecule has 1 atom stereocenters. The second kappa shape index (κ2) is 5.80. The highest BCUT2D eigenvalue weighted by Gasteiger charge is 2.45. The average Bonchev–Trinajstić information content (AvgIpc) is 2.46. The Bertz CT molecular complexity index is 676. The van der Waals surface area contributed by atoms with Crippen molar-refractivity contribution in [3.05, 3.63) is 29.3 Å². The minimum absolute atomic E-state index is 0.0889. The molecule has 2 heterocycles. The Hall–Kier alpha value is -2.04. The van der Waals surface area contributed by atoms with E-state index in [1.165, 1.54) is 0 Å². The van der Waals surface area contributed by atoms with Crippen LogP contribution in [0.1, 0.15) is 56.0 Å². The Kier molecular flexibility index (Phi) is 4.06. The Morgan fingerprint density at radius 2 is 2.08 bits per heavy atom. The third-order valence-electron chi connectivity index (χ3n) is 4.44. The zero-order valence-electron chi connectivity index (χ0n) is 14.8. The highest BCUT2D eigenvalue weighted by atomic mass is 16.6. The average molecular weight is 331 g/mol. The number of amides is 1. The fourth-order valence-electron chi connectivity index (χ4n) is 3.42. The summed E-state index contributed by atoms with van der Waals surface area (Å²) in [6, 6.07) is 5.68. The number of hydrogen-bond acceptors (Lipinski definition) is 4. The van der Waals surface area contributed by atoms with Crippen LogP contribution in [0.15, 0.2) is 18.2 Å². The van der Waals surface area contributed by atoms with Crippen molar-refractivity contribution in [1.29, 1.82) is 0 Å². The van der Waals surface area contributed by atoms with Crippen LogP contribution in [0, 0.1) is 6.92 Å². The molecule has 24 heavy (non-hydrogen) atoms. The van der Waals surface area contributed by atoms with E-state index in [0.717, 1.165) is 18.4 Å². The van der Waals surface area contributed by atoms with Gasteiger partial charge in [-0.25, -0.2) is 4.79 Å². The SMILES string of the molecule is Cc1ccc2c(c1)C(=O)C[C@@]1(CCCN(C(=O)OC(C)(C)C)C1)O2. The number of hydrogen-bond donors (Lipinski definition) is 0. The van der Waals surface area contributed by atoms with E-state index < -0.39 is 11.2 Å². The third kappa shape index (κ3) is 3.40. The number of aryl methyl sites for hydroxylation is 1. The van der Waals surface area contributed by atoms with E-state index in [2.05, 4.69) is 0 Å². The van der Waals surface area contributed by atoms with Crippen molar-refractivity contribution in [1.82, 2.24) is 4.90 Å². The lowest BCUT2D eigenvalue weighted by Gasteiger charge is -2.44. The zero-order valence-corrected chi connectivity index (χ0v) is 14.8. The monoisotopic (exact) mass is 331 g/mol. The van der Waals surface area contributed by atoms with Gasteiger partial charge in [0.2, 0.25) is 0 Å². The molecule has 1 amide bonds. The van der Waals surface area contributed by atoms with Gasteiger partial charge in [-0.15, -0.1) is 0 Å². The number of fused-ring (bicyclic) bond motifs is 1. The number of benzene rings is 1. The summed E-state index contributed by atoms with van der Waals surface area (Å²) in [5.41, 5.74) is 0.527. The maximum atomic E-state index is 12.6. The van der Waals surface area contributed by atoms with Crippen molar-refractivity contribution in [2.24, 2.45) is 0 Å². The van der Waals surface area contributed by atoms with Gasteiger partial charge in [-0.2, -0.15) is 0 Å². The fourth-order valence-corrected chi connectivity index (χ4v) is 3.42. The zero-order chi connectivity index (χ0) is 17.5. The summed E-state index contributed by atoms with van der Waals surface area (Å²) in [6.07, 6.45) is 1.54. The molecule has 3 rings (SSSR count). The van der Waals surface area contributed by atoms with Crippen LogP contribution >= 0.6 is 0 Å². The summed E-state index contributed by atoms with van der Waals surface area (Å²) in [5.74, 6) is 0.717. The molecule has 130 valence electrons. The topological polar surface area (TPSA) is 55.8 Å². The summed E-state index contributed by atoms with van der Waals surface area (Å²) in [6.45, 7) is 8.54. The van der Waals surface area contributed by atoms with Gasteiger partial charge in [-0.3, -0.25) is 4.79 Å². The molecular weight excluding hydrogens is 306 g/mol. The van der Waals surface area contributed by atoms with Gasteiger partial charge in [0, 0.05) is 6.54 Å². The lowest BCUT2D eigenvalue weighted by molar-refractivity contribution is -0.0334. The first-order valence-corrected chi connectivity index (χ1v) is 8.48. The molecule has 0 N–H and O–H groups in total. The van der Waals surface area contributed by atoms with Gasteiger partial charge in [0.1, 0.15) is 17.0 Å². The molecule has 2 aliphatic heterocycles. The Balaban J connectivity index is 1.80. The standard InChI is InChI=1S/C19H25NO4/c1-13-6-7-16-14(10-13)15(21)11-19(23-16)8-5-9-20(12-19)17(22)24-18(2,3)4/h6-7,10H,5,8-9,11-12H2,1-4H3/t19-/m1/s1. The van der Waals surface area contributed by atoms with Crippen molar-refractivity contribution >= 4 is 11.9 Å². The molecule has 0 aliphatic carbocycles. The Morgan fingerprint density at radius 3 is 2.79 bits per heavy atom. The Labute approximate surface area is 142 Å². The molecule has 0 aromatic heterocycles. The van der Waals surface area contributed by atoms with E-state index in [4.69, 9.17) is 9.47 Å². The van der Waals surface area contributed by atoms with E-state index in [0.29, 0.717) is 30.8 Å². The molecule has 1 aromatic carbocycles. The molecule has 1 spiro atoms. The predicted octanol–water partition coefficient (Wildman–Crippen LogP) is 3.73. The molecule has 0 saturated carbocycles. The first kappa shape index (κ1) is 16.8. The number of ketones is 1. The van der Waals surface area contributed by atoms with Crippen LogP contribution in [0.25, 0.3) is 0 Å². The van der Waals surface area contributed by atoms with E-state index in [1.54, 1.807) is 4.90 Å². The molecule has 5 heteroatoms. The van der Waals surface area contributed by atoms with E-state index in [-0.39, 0.29) is 11.9 Å². The van der Waals surface area contributed by atoms with Gasteiger partial charge in [-0.1, -0.05) is 11.6 Å². The number of Topliss-reactive ketones (excluding diaryl/α,β-unsaturated/α-hetero) is 1. The van der Waals surface area contributed by atoms with Gasteiger partial charge < -0.3 is 14.4 Å². The third-order valence-corrected chi connectivity index (χ3v) is 4.44. The Morgan fingerprint density at radius 1 is 1.33 bits per heavy atom. The van der Waals surface area contributed by atoms with Gasteiger partial charge in [0.15, 0.2) is 5.78 Å². The van der Waals surface area contributed by atoms with Crippen molar-refractivity contribution in [2.45, 2.75) is 58.2 Å². The van der Waals surface area contributed by atoms with Crippen LogP contribution in [0.5, 0.6) is 5.75 Å². The van der Waals surface area contributed by atoms with E-state index in [1.807, 2.05) is 45.9 Å². The van der Waals surface area contributed by atoms with Crippen LogP contribution in [0.2, 0.25) is 0 Å². The predicted molar refractivity (Wildman–Crippen MR) is 90.5 cm³/mol. The van der Waals surface area contributed by atoms with Crippen molar-refractivity contribution in [2.75, 3.05) is 13.1 Å². The minimum atomic E-state index is -0.630. The quantitative estimate of drug-likeness (QED) is 0.727. The maximum absolute atomic E-state index is 12.6. The van der Waals surface area contributed by atoms with Gasteiger partial charge in [0.25, 0.3) is 0 Å². The van der Waals surface area contributed by atoms with Gasteiger partial charge in [-0.05, 0) is 52.7 Å². The lowest BCUT2D eigenvalue weighted by atomic mass is 9.83. The summed E-state index contributed by atoms with van der Waals surface area (Å²) in [5, 5.41) is 0. The normalized spacial score (nSPS) is 23.7. The first-order chi connectivity index (χ1) is 11.2. The molecule has 5 nitrogen and oxygen atoms in total. The number of piperidine rings is 1. The first-order valence-electron chi connectivity index (χ1n) is 8.48. The van der Waals surface area contributed by atoms with Crippen LogP contribution in [0.3, 0.4) is 0 Å². The highest BCUT2D eigenvalue weighted by Crippen LogP contribution is 2.39. The summed E-state index contributed by atoms with van der Waals surface area (Å²) < 4.78 is 11.7. The van der Waals surface area contributed by atoms with Crippen molar-refractivity contribution < 1.29 is 19.1 Å². The van der Waals surface area contributed by atoms with Crippen LogP contribution in [0.4, 0.5) is 4.79 Å². The van der Waals surface area contributed by atoms with Crippen molar-refractivity contribution in [3.8, 4) is 5.75 Å². The molecule has 0 radical (unpaired) electrons. The van der Waals surface area contributed by atoms with Crippen LogP contribution in [-0.2, 0) is 4.74 Å². The second-order valence-corrected chi connectivity index (χ2v) is 7.89. The molecular formula is C19H25NO4. The molecule has 2 aliphatic rings. The summed E-state index contributed by atoms with van der Waals surface area (Å²) >= 11 is 0. The number of likely N-dealkylation sites (tertiary alicyclic amines) is 1. The van der Waals surface area contributed by atoms with E-state index in [9.17, 15) is 9.59 Å². The largest absolute Gasteiger partial charge is 0.484 e. The summed E-state index contributed by atoms with van der Waals surface area (Å²) in [4.78, 5) is 26.6. The number of carbonyl (C=O) groups excluding carboxylic acids is 2. The van der Waals surface area contributed by atoms with Crippen LogP contribution in [-0.4, -0.2) is 41.1 Å². The number of rotatable bonds is 0. The van der Waals surface area contributed by atoms with Crippen molar-refractivity contribution in [3.63, 3.8) is 0 Å². The number of nitrogens with zero attached hydrogens (tertiary/aromatic N) is 1. The van der Waals surface area contributed by atoms with Crippen LogP contribution < -0.4 is 4.74 Å². The smallest absolute Gasteiger partial charge is 0.410 e. The minimum Gasteiger partial charge on any atom is -0.484 e. The molecule has 1 saturated heterocycles. The molecule has 0 unspecified atom stereocenters. The molecule has 1 fully saturated rings. The summed E-state index contributed by atoms with van der Waals surface area (Å²) in [7, 11) is 0.